The van der Waals surface area contributed by atoms with Crippen molar-refractivity contribution in [1.82, 2.24) is 24.9 Å². The first-order valence-corrected chi connectivity index (χ1v) is 31.1. The first-order chi connectivity index (χ1) is 45.8. The van der Waals surface area contributed by atoms with Gasteiger partial charge in [0.25, 0.3) is 0 Å². The van der Waals surface area contributed by atoms with E-state index in [4.69, 9.17) is 18.9 Å². The van der Waals surface area contributed by atoms with Gasteiger partial charge < -0.3 is 67.9 Å². The van der Waals surface area contributed by atoms with Crippen LogP contribution in [0.1, 0.15) is 43.0 Å². The molecule has 17 rings (SSSR count). The second-order valence-corrected chi connectivity index (χ2v) is 23.2. The second-order valence-electron chi connectivity index (χ2n) is 23.2. The van der Waals surface area contributed by atoms with E-state index in [-0.39, 0.29) is 107 Å². The summed E-state index contributed by atoms with van der Waals surface area (Å²) in [5.41, 5.74) is 15.2. The van der Waals surface area contributed by atoms with Gasteiger partial charge in [-0.05, 0) is 128 Å². The maximum Gasteiger partial charge on any atom is 0.215 e. The van der Waals surface area contributed by atoms with Crippen LogP contribution in [0.4, 0.5) is 86.0 Å². The van der Waals surface area contributed by atoms with E-state index >= 15 is 0 Å². The number of benzene rings is 5. The third-order valence-corrected chi connectivity index (χ3v) is 16.0. The normalized spacial score (nSPS) is 14.1. The molecule has 0 fully saturated rings. The molecular formula is C75H71Ir5N15O4-10. The molecule has 7 aliphatic rings. The fourth-order valence-corrected chi connectivity index (χ4v) is 11.3. The van der Waals surface area contributed by atoms with E-state index in [9.17, 15) is 0 Å². The Balaban J connectivity index is 0.000000156. The van der Waals surface area contributed by atoms with E-state index in [2.05, 4.69) is 188 Å². The summed E-state index contributed by atoms with van der Waals surface area (Å²) in [6.07, 6.45) is 9.21. The molecule has 0 saturated carbocycles. The molecule has 24 heteroatoms. The maximum absolute atomic E-state index is 5.62. The van der Waals surface area contributed by atoms with Crippen LogP contribution < -0.4 is 67.9 Å². The van der Waals surface area contributed by atoms with Gasteiger partial charge in [0.2, 0.25) is 6.79 Å². The Morgan fingerprint density at radius 1 is 0.404 bits per heavy atom. The summed E-state index contributed by atoms with van der Waals surface area (Å²) >= 11 is 0. The van der Waals surface area contributed by atoms with E-state index < -0.39 is 0 Å². The predicted molar refractivity (Wildman–Crippen MR) is 372 cm³/mol. The molecular weight excluding hydrogens is 2140 g/mol. The molecule has 10 aromatic rings. The molecule has 19 nitrogen and oxygen atoms in total. The predicted octanol–water partition coefficient (Wildman–Crippen LogP) is 14.8. The van der Waals surface area contributed by atoms with Crippen molar-refractivity contribution >= 4 is 86.0 Å². The number of hydrogen-bond acceptors (Lipinski definition) is 19. The Morgan fingerprint density at radius 3 is 1.37 bits per heavy atom. The number of aryl methyl sites for hydroxylation is 4. The summed E-state index contributed by atoms with van der Waals surface area (Å²) in [6, 6.07) is 60.6. The van der Waals surface area contributed by atoms with E-state index in [1.807, 2.05) is 172 Å². The molecule has 0 amide bonds. The van der Waals surface area contributed by atoms with Gasteiger partial charge in [-0.1, -0.05) is 25.2 Å². The van der Waals surface area contributed by atoms with Crippen LogP contribution in [0.15, 0.2) is 164 Å². The minimum atomic E-state index is 0. The van der Waals surface area contributed by atoms with Crippen LogP contribution >= 0.6 is 0 Å². The van der Waals surface area contributed by atoms with Crippen LogP contribution in [0.3, 0.4) is 0 Å². The molecule has 5 aromatic heterocycles. The largest absolute Gasteiger partial charge is 0.544 e. The summed E-state index contributed by atoms with van der Waals surface area (Å²) in [6.45, 7) is 27.2. The molecule has 0 bridgehead atoms. The topological polar surface area (TPSA) is 134 Å². The van der Waals surface area contributed by atoms with Crippen molar-refractivity contribution in [3.05, 3.63) is 250 Å². The fraction of sp³-hybridized carbons (Fsp3) is 0.200. The zero-order valence-electron chi connectivity index (χ0n) is 55.9. The number of aromatic nitrogens is 5. The van der Waals surface area contributed by atoms with Gasteiger partial charge in [-0.2, -0.15) is 117 Å². The van der Waals surface area contributed by atoms with Crippen molar-refractivity contribution in [3.8, 4) is 23.0 Å². The number of hydrogen-bond donors (Lipinski definition) is 0. The molecule has 12 heterocycles. The third kappa shape index (κ3) is 16.9. The molecule has 525 valence electrons. The summed E-state index contributed by atoms with van der Waals surface area (Å²) < 4.78 is 21.9. The number of para-hydroxylation sites is 1. The minimum Gasteiger partial charge on any atom is -0.544 e. The van der Waals surface area contributed by atoms with Crippen LogP contribution in [0, 0.1) is 91.4 Å². The SMILES string of the molecule is CC(C)N1[CH-]N(c2[c-]cc3c(c2)OCO3)c2ncccc21.CCN1[CH-]N(c2[c-]cccc2)c2cccnc21.CN1[CH-]N(c2[c-]cc3c(c2)OCCO3)c2ncccc21.Cc1cc[c-]c(N2[CH-]N(C)c3cc(C)cnc32)c1.Cc1cc[c-]c(N2[CH-]N(C)c3cc(C)cnc32)c1.[Ir].[Ir].[Ir].[Ir].[Ir]. The summed E-state index contributed by atoms with van der Waals surface area (Å²) in [5, 5.41) is 0. The Bertz CT molecular complexity index is 4230. The summed E-state index contributed by atoms with van der Waals surface area (Å²) in [7, 11) is 6.07. The van der Waals surface area contributed by atoms with Crippen molar-refractivity contribution in [2.45, 2.75) is 54.5 Å². The first kappa shape index (κ1) is 77.0. The molecule has 0 atom stereocenters. The Labute approximate surface area is 649 Å². The van der Waals surface area contributed by atoms with E-state index in [0.717, 1.165) is 116 Å². The number of fused-ring (bicyclic) bond motifs is 7. The summed E-state index contributed by atoms with van der Waals surface area (Å²) in [5.74, 6) is 7.71. The number of anilines is 15. The zero-order valence-corrected chi connectivity index (χ0v) is 67.9. The molecule has 0 unspecified atom stereocenters. The molecule has 5 aromatic carbocycles. The zero-order chi connectivity index (χ0) is 65.0. The number of rotatable bonds is 7. The standard InChI is InChI=1S/C16H15N3O2.C15H13N3O2.2C15H15N3.C14H13N3.5Ir/c1-11(2)18-9-19(16-13(18)4-3-7-17-16)12-5-6-14-15(8-12)21-10-20-14;1-17-10-18(15-12(17)3-2-6-16-15)11-4-5-13-14(9-11)20-8-7-19-13;2*1-11-5-4-6-13(7-11)18-10-17(3)14-8-12(2)9-16-15(14)18;1-2-16-11-17(12-7-4-3-5-8-12)13-9-6-10-15-14(13)16;;;;;/h3-4,6-9,11H,10H2,1-2H3;2-3,5-6,9-10H,7-8H2,1H3;2*4-5,7-10H,1-3H3;3-7,9-11H,2H2,1H3;;;;;/q5*-2;;;;;. The molecule has 5 radical (unpaired) electrons. The summed E-state index contributed by atoms with van der Waals surface area (Å²) in [4.78, 5) is 43.3. The number of ether oxygens (including phenoxy) is 4. The van der Waals surface area contributed by atoms with Crippen molar-refractivity contribution in [2.24, 2.45) is 0 Å². The Morgan fingerprint density at radius 2 is 0.848 bits per heavy atom. The van der Waals surface area contributed by atoms with Crippen molar-refractivity contribution in [1.29, 1.82) is 0 Å². The van der Waals surface area contributed by atoms with Crippen LogP contribution in [-0.2, 0) is 101 Å². The average Bonchev–Trinajstić information content (AvgIpc) is 1.79. The van der Waals surface area contributed by atoms with Crippen molar-refractivity contribution in [2.75, 3.05) is 96.7 Å². The van der Waals surface area contributed by atoms with Crippen LogP contribution in [0.2, 0.25) is 0 Å². The molecule has 0 saturated heterocycles. The van der Waals surface area contributed by atoms with E-state index in [0.29, 0.717) is 19.3 Å². The van der Waals surface area contributed by atoms with Crippen LogP contribution in [0.5, 0.6) is 23.0 Å². The van der Waals surface area contributed by atoms with Gasteiger partial charge in [-0.15, -0.1) is 60.1 Å². The van der Waals surface area contributed by atoms with Gasteiger partial charge in [0.15, 0.2) is 0 Å². The molecule has 7 aliphatic heterocycles. The van der Waals surface area contributed by atoms with Gasteiger partial charge in [0, 0.05) is 160 Å². The third-order valence-electron chi connectivity index (χ3n) is 16.0. The second kappa shape index (κ2) is 34.6. The van der Waals surface area contributed by atoms with Gasteiger partial charge >= 0.3 is 0 Å². The van der Waals surface area contributed by atoms with Crippen molar-refractivity contribution in [3.63, 3.8) is 0 Å². The first-order valence-electron chi connectivity index (χ1n) is 31.1. The Hall–Kier alpha value is -7.70. The average molecular weight is 2210 g/mol. The van der Waals surface area contributed by atoms with E-state index in [1.165, 1.54) is 22.3 Å². The Kier molecular flexibility index (Phi) is 26.9. The molecule has 99 heavy (non-hydrogen) atoms. The smallest absolute Gasteiger partial charge is 0.215 e. The quantitative estimate of drug-likeness (QED) is 0.140. The fourth-order valence-electron chi connectivity index (χ4n) is 11.3. The van der Waals surface area contributed by atoms with Gasteiger partial charge in [0.05, 0.1) is 22.9 Å². The van der Waals surface area contributed by atoms with Gasteiger partial charge in [-0.25, -0.2) is 24.9 Å². The van der Waals surface area contributed by atoms with Gasteiger partial charge in [0.1, 0.15) is 42.3 Å². The molecule has 0 N–H and O–H groups in total. The number of pyridine rings is 5. The monoisotopic (exact) mass is 2210 g/mol. The number of nitrogens with zero attached hydrogens (tertiary/aromatic N) is 15. The maximum atomic E-state index is 5.62. The minimum absolute atomic E-state index is 0. The van der Waals surface area contributed by atoms with E-state index in [1.54, 1.807) is 12.4 Å². The van der Waals surface area contributed by atoms with Gasteiger partial charge in [-0.3, -0.25) is 0 Å². The van der Waals surface area contributed by atoms with Crippen LogP contribution in [0.25, 0.3) is 0 Å². The molecule has 0 aliphatic carbocycles. The van der Waals surface area contributed by atoms with Crippen molar-refractivity contribution < 1.29 is 119 Å². The molecule has 0 spiro atoms. The van der Waals surface area contributed by atoms with Crippen LogP contribution in [-0.4, -0.2) is 78.7 Å².